The minimum atomic E-state index is -0.415. The summed E-state index contributed by atoms with van der Waals surface area (Å²) in [5.74, 6) is -0.00354. The monoisotopic (exact) mass is 297 g/mol. The predicted octanol–water partition coefficient (Wildman–Crippen LogP) is 3.89. The van der Waals surface area contributed by atoms with Gasteiger partial charge in [0, 0.05) is 0 Å². The fraction of sp³-hybridized carbons (Fsp3) is 0. The summed E-state index contributed by atoms with van der Waals surface area (Å²) in [5.41, 5.74) is 6.99. The van der Waals surface area contributed by atoms with Crippen LogP contribution in [0.5, 0.6) is 5.75 Å². The van der Waals surface area contributed by atoms with Crippen LogP contribution in [0, 0.1) is 0 Å². The lowest BCUT2D eigenvalue weighted by atomic mass is 10.2. The minimum absolute atomic E-state index is 0.398. The molecule has 0 atom stereocenters. The van der Waals surface area contributed by atoms with Crippen LogP contribution in [0.1, 0.15) is 10.4 Å². The van der Waals surface area contributed by atoms with Gasteiger partial charge >= 0.3 is 5.97 Å². The average Bonchev–Trinajstić information content (AvgIpc) is 3.04. The second kappa shape index (κ2) is 5.89. The summed E-state index contributed by atoms with van der Waals surface area (Å²) in [5, 5.41) is 4.31. The third kappa shape index (κ3) is 3.01. The van der Waals surface area contributed by atoms with Crippen LogP contribution in [0.2, 0.25) is 0 Å². The molecule has 0 bridgehead atoms. The van der Waals surface area contributed by atoms with E-state index >= 15 is 0 Å². The summed E-state index contributed by atoms with van der Waals surface area (Å²) >= 11 is 0. The molecule has 21 heavy (non-hydrogen) atoms. The molecule has 0 amide bonds. The van der Waals surface area contributed by atoms with Crippen LogP contribution in [0.25, 0.3) is 0 Å². The zero-order chi connectivity index (χ0) is 14.7. The summed E-state index contributed by atoms with van der Waals surface area (Å²) in [6, 6.07) is 14.5. The molecule has 1 heterocycles. The second-order valence-corrected chi connectivity index (χ2v) is 6.50. The molecule has 3 rings (SSSR count). The molecule has 1 aliphatic heterocycles. The molecule has 0 saturated heterocycles. The number of carbonyl (C=O) groups is 1. The zero-order valence-electron chi connectivity index (χ0n) is 11.3. The lowest BCUT2D eigenvalue weighted by molar-refractivity contribution is 0.0736. The van der Waals surface area contributed by atoms with Crippen LogP contribution in [-0.4, -0.2) is 5.97 Å². The Morgan fingerprint density at radius 1 is 1.00 bits per heavy atom. The van der Waals surface area contributed by atoms with E-state index in [-0.39, 0.29) is 0 Å². The molecule has 0 saturated carbocycles. The number of benzene rings is 2. The summed E-state index contributed by atoms with van der Waals surface area (Å²) in [7, 11) is -0.415. The van der Waals surface area contributed by atoms with Crippen molar-refractivity contribution >= 4 is 22.6 Å². The van der Waals surface area contributed by atoms with Crippen LogP contribution < -0.4 is 10.5 Å². The van der Waals surface area contributed by atoms with E-state index in [9.17, 15) is 4.79 Å². The van der Waals surface area contributed by atoms with Crippen molar-refractivity contribution in [2.24, 2.45) is 0 Å². The largest absolute Gasteiger partial charge is 0.421 e. The van der Waals surface area contributed by atoms with Gasteiger partial charge in [0.1, 0.15) is 0 Å². The average molecular weight is 297 g/mol. The molecule has 2 N–H and O–H groups in total. The van der Waals surface area contributed by atoms with Gasteiger partial charge < -0.3 is 10.5 Å². The van der Waals surface area contributed by atoms with Crippen molar-refractivity contribution in [3.8, 4) is 5.75 Å². The highest BCUT2D eigenvalue weighted by Crippen LogP contribution is 2.43. The smallest absolute Gasteiger partial charge is 0.343 e. The number of anilines is 1. The van der Waals surface area contributed by atoms with Gasteiger partial charge in [-0.05, 0) is 46.0 Å². The Kier molecular flexibility index (Phi) is 3.79. The van der Waals surface area contributed by atoms with Gasteiger partial charge in [-0.2, -0.15) is 10.9 Å². The van der Waals surface area contributed by atoms with E-state index in [1.807, 2.05) is 30.4 Å². The summed E-state index contributed by atoms with van der Waals surface area (Å²) < 4.78 is 5.36. The van der Waals surface area contributed by atoms with Crippen molar-refractivity contribution in [1.29, 1.82) is 0 Å². The number of ether oxygens (including phenoxy) is 1. The van der Waals surface area contributed by atoms with Crippen LogP contribution in [0.3, 0.4) is 0 Å². The minimum Gasteiger partial charge on any atom is -0.421 e. The second-order valence-electron chi connectivity index (χ2n) is 4.57. The molecule has 0 radical (unpaired) electrons. The fourth-order valence-electron chi connectivity index (χ4n) is 2.03. The third-order valence-corrected chi connectivity index (χ3v) is 4.97. The Labute approximate surface area is 126 Å². The van der Waals surface area contributed by atoms with Crippen molar-refractivity contribution < 1.29 is 9.53 Å². The Bertz CT molecular complexity index is 711. The van der Waals surface area contributed by atoms with Gasteiger partial charge in [-0.15, -0.1) is 0 Å². The molecular weight excluding hydrogens is 282 g/mol. The number of thiol groups is 1. The lowest BCUT2D eigenvalue weighted by Crippen LogP contribution is -2.09. The molecule has 0 aliphatic carbocycles. The number of hydrogen-bond donors (Lipinski definition) is 2. The molecule has 2 aromatic rings. The number of hydrogen-bond acceptors (Lipinski definition) is 3. The molecule has 0 spiro atoms. The van der Waals surface area contributed by atoms with Crippen molar-refractivity contribution in [2.45, 2.75) is 4.90 Å². The van der Waals surface area contributed by atoms with Crippen LogP contribution in [-0.2, 0) is 0 Å². The molecule has 1 aliphatic rings. The highest BCUT2D eigenvalue weighted by molar-refractivity contribution is 8.22. The number of nitrogens with two attached hydrogens (primary N) is 1. The quantitative estimate of drug-likeness (QED) is 0.391. The van der Waals surface area contributed by atoms with Gasteiger partial charge in [0.2, 0.25) is 0 Å². The highest BCUT2D eigenvalue weighted by Gasteiger charge is 2.12. The van der Waals surface area contributed by atoms with Gasteiger partial charge in [-0.1, -0.05) is 30.4 Å². The Hall–Kier alpha value is -2.46. The molecule has 2 aromatic carbocycles. The molecule has 0 fully saturated rings. The Morgan fingerprint density at radius 3 is 2.38 bits per heavy atom. The van der Waals surface area contributed by atoms with E-state index < -0.39 is 16.9 Å². The maximum atomic E-state index is 12.0. The number of carbonyl (C=O) groups excluding carboxylic acids is 1. The number of rotatable bonds is 3. The van der Waals surface area contributed by atoms with Gasteiger partial charge in [0.25, 0.3) is 0 Å². The van der Waals surface area contributed by atoms with E-state index in [4.69, 9.17) is 10.5 Å². The maximum Gasteiger partial charge on any atom is 0.343 e. The van der Waals surface area contributed by atoms with E-state index in [0.29, 0.717) is 17.0 Å². The van der Waals surface area contributed by atoms with Crippen molar-refractivity contribution in [3.05, 3.63) is 77.1 Å². The first-order valence-corrected chi connectivity index (χ1v) is 8.02. The molecule has 0 unspecified atom stereocenters. The third-order valence-electron chi connectivity index (χ3n) is 3.11. The number of allylic oxidation sites excluding steroid dienone is 2. The zero-order valence-corrected chi connectivity index (χ0v) is 12.2. The molecule has 106 valence electrons. The molecule has 4 heteroatoms. The summed E-state index contributed by atoms with van der Waals surface area (Å²) in [6.07, 6.45) is 4.07. The topological polar surface area (TPSA) is 52.3 Å². The Balaban J connectivity index is 1.79. The number of esters is 1. The van der Waals surface area contributed by atoms with Gasteiger partial charge in [-0.25, -0.2) is 4.79 Å². The van der Waals surface area contributed by atoms with Crippen LogP contribution >= 0.6 is 10.9 Å². The fourth-order valence-corrected chi connectivity index (χ4v) is 3.58. The van der Waals surface area contributed by atoms with Gasteiger partial charge in [-0.3, -0.25) is 0 Å². The lowest BCUT2D eigenvalue weighted by Gasteiger charge is -2.13. The Morgan fingerprint density at radius 2 is 1.71 bits per heavy atom. The normalized spacial score (nSPS) is 14.4. The van der Waals surface area contributed by atoms with Crippen LogP contribution in [0.15, 0.2) is 76.4 Å². The standard InChI is InChI=1S/C17H15NO2S/c18-15-12-14(21-10-4-5-11-21)8-9-16(15)20-17(19)13-6-2-1-3-7-13/h1-12,21H,18H2. The van der Waals surface area contributed by atoms with Crippen molar-refractivity contribution in [1.82, 2.24) is 0 Å². The molecule has 0 aromatic heterocycles. The first-order chi connectivity index (χ1) is 10.2. The van der Waals surface area contributed by atoms with Crippen LogP contribution in [0.4, 0.5) is 5.69 Å². The van der Waals surface area contributed by atoms with E-state index in [1.54, 1.807) is 30.3 Å². The maximum absolute atomic E-state index is 12.0. The SMILES string of the molecule is Nc1cc([SH]2C=CC=C2)ccc1OC(=O)c1ccccc1. The first-order valence-electron chi connectivity index (χ1n) is 6.54. The van der Waals surface area contributed by atoms with E-state index in [1.165, 1.54) is 0 Å². The van der Waals surface area contributed by atoms with Crippen molar-refractivity contribution in [2.75, 3.05) is 5.73 Å². The van der Waals surface area contributed by atoms with Gasteiger partial charge in [0.15, 0.2) is 5.75 Å². The van der Waals surface area contributed by atoms with Gasteiger partial charge in [0.05, 0.1) is 11.3 Å². The summed E-state index contributed by atoms with van der Waals surface area (Å²) in [6.45, 7) is 0. The van der Waals surface area contributed by atoms with Crippen molar-refractivity contribution in [3.63, 3.8) is 0 Å². The predicted molar refractivity (Wildman–Crippen MR) is 87.8 cm³/mol. The van der Waals surface area contributed by atoms with E-state index in [2.05, 4.69) is 10.8 Å². The molecular formula is C17H15NO2S. The molecule has 3 nitrogen and oxygen atoms in total. The first kappa shape index (κ1) is 13.5. The summed E-state index contributed by atoms with van der Waals surface area (Å²) in [4.78, 5) is 13.2. The highest BCUT2D eigenvalue weighted by atomic mass is 32.2. The number of nitrogen functional groups attached to an aromatic ring is 1. The van der Waals surface area contributed by atoms with E-state index in [0.717, 1.165) is 4.90 Å².